The standard InChI is InChI=1S/C16H15ClO4S/c1-16(2)10-11-6-5-8-13(15(11)20-16)21-22(18,19)14-9-4-3-7-12(14)17/h3-9H,10H2,1-2H3. The molecule has 6 heteroatoms. The quantitative estimate of drug-likeness (QED) is 0.798. The second kappa shape index (κ2) is 5.18. The van der Waals surface area contributed by atoms with Crippen molar-refractivity contribution in [2.75, 3.05) is 0 Å². The lowest BCUT2D eigenvalue weighted by molar-refractivity contribution is 0.136. The number of hydrogen-bond donors (Lipinski definition) is 0. The Kier molecular flexibility index (Phi) is 3.57. The van der Waals surface area contributed by atoms with E-state index in [1.54, 1.807) is 24.3 Å². The molecule has 4 nitrogen and oxygen atoms in total. The second-order valence-electron chi connectivity index (χ2n) is 5.75. The molecule has 0 atom stereocenters. The van der Waals surface area contributed by atoms with Crippen molar-refractivity contribution in [3.63, 3.8) is 0 Å². The van der Waals surface area contributed by atoms with E-state index in [0.29, 0.717) is 12.2 Å². The average Bonchev–Trinajstić information content (AvgIpc) is 2.74. The summed E-state index contributed by atoms with van der Waals surface area (Å²) in [5, 5.41) is 0.122. The maximum atomic E-state index is 12.4. The van der Waals surface area contributed by atoms with E-state index in [1.807, 2.05) is 19.9 Å². The molecule has 1 aliphatic rings. The van der Waals surface area contributed by atoms with Crippen molar-refractivity contribution >= 4 is 21.7 Å². The predicted molar refractivity (Wildman–Crippen MR) is 84.1 cm³/mol. The lowest BCUT2D eigenvalue weighted by atomic mass is 10.0. The molecule has 0 unspecified atom stereocenters. The highest BCUT2D eigenvalue weighted by Gasteiger charge is 2.33. The highest BCUT2D eigenvalue weighted by atomic mass is 35.5. The maximum absolute atomic E-state index is 12.4. The monoisotopic (exact) mass is 338 g/mol. The van der Waals surface area contributed by atoms with Crippen LogP contribution in [-0.4, -0.2) is 14.0 Å². The van der Waals surface area contributed by atoms with Crippen LogP contribution in [0.1, 0.15) is 19.4 Å². The number of ether oxygens (including phenoxy) is 1. The molecule has 0 spiro atoms. The zero-order valence-corrected chi connectivity index (χ0v) is 13.7. The molecule has 0 aromatic heterocycles. The fourth-order valence-electron chi connectivity index (χ4n) is 2.46. The Morgan fingerprint density at radius 2 is 1.86 bits per heavy atom. The third kappa shape index (κ3) is 2.78. The van der Waals surface area contributed by atoms with E-state index in [-0.39, 0.29) is 21.3 Å². The van der Waals surface area contributed by atoms with E-state index in [0.717, 1.165) is 5.56 Å². The van der Waals surface area contributed by atoms with Crippen LogP contribution in [0.2, 0.25) is 5.02 Å². The van der Waals surface area contributed by atoms with Crippen molar-refractivity contribution in [3.8, 4) is 11.5 Å². The summed E-state index contributed by atoms with van der Waals surface area (Å²) in [7, 11) is -4.01. The van der Waals surface area contributed by atoms with Gasteiger partial charge < -0.3 is 8.92 Å². The van der Waals surface area contributed by atoms with Crippen molar-refractivity contribution in [3.05, 3.63) is 53.1 Å². The molecule has 0 aliphatic carbocycles. The number of benzene rings is 2. The van der Waals surface area contributed by atoms with Gasteiger partial charge in [-0.3, -0.25) is 0 Å². The Hall–Kier alpha value is -1.72. The van der Waals surface area contributed by atoms with E-state index >= 15 is 0 Å². The van der Waals surface area contributed by atoms with Gasteiger partial charge in [-0.2, -0.15) is 8.42 Å². The molecule has 0 saturated carbocycles. The molecule has 0 bridgehead atoms. The van der Waals surface area contributed by atoms with Crippen LogP contribution in [0.15, 0.2) is 47.4 Å². The van der Waals surface area contributed by atoms with Gasteiger partial charge in [-0.15, -0.1) is 0 Å². The number of halogens is 1. The van der Waals surface area contributed by atoms with Crippen LogP contribution >= 0.6 is 11.6 Å². The molecule has 3 rings (SSSR count). The van der Waals surface area contributed by atoms with Crippen LogP contribution in [0, 0.1) is 0 Å². The first-order chi connectivity index (χ1) is 10.3. The van der Waals surface area contributed by atoms with Crippen LogP contribution in [0.4, 0.5) is 0 Å². The van der Waals surface area contributed by atoms with Crippen molar-refractivity contribution in [2.45, 2.75) is 30.8 Å². The van der Waals surface area contributed by atoms with Gasteiger partial charge in [-0.1, -0.05) is 35.9 Å². The largest absolute Gasteiger partial charge is 0.483 e. The van der Waals surface area contributed by atoms with Gasteiger partial charge in [0.1, 0.15) is 10.5 Å². The molecule has 2 aromatic rings. The Labute approximate surface area is 134 Å². The van der Waals surface area contributed by atoms with Gasteiger partial charge in [-0.25, -0.2) is 0 Å². The molecular weight excluding hydrogens is 324 g/mol. The van der Waals surface area contributed by atoms with Crippen molar-refractivity contribution in [1.29, 1.82) is 0 Å². The minimum absolute atomic E-state index is 0.0634. The molecule has 116 valence electrons. The number of hydrogen-bond acceptors (Lipinski definition) is 4. The summed E-state index contributed by atoms with van der Waals surface area (Å²) in [5.41, 5.74) is 0.549. The van der Waals surface area contributed by atoms with Gasteiger partial charge in [0.25, 0.3) is 0 Å². The first-order valence-corrected chi connectivity index (χ1v) is 8.57. The normalized spacial score (nSPS) is 16.0. The molecule has 0 amide bonds. The fourth-order valence-corrected chi connectivity index (χ4v) is 3.89. The Balaban J connectivity index is 1.99. The summed E-state index contributed by atoms with van der Waals surface area (Å²) < 4.78 is 35.9. The van der Waals surface area contributed by atoms with Crippen LogP contribution in [0.5, 0.6) is 11.5 Å². The molecule has 0 fully saturated rings. The Bertz CT molecular complexity index is 828. The third-order valence-electron chi connectivity index (χ3n) is 3.36. The van der Waals surface area contributed by atoms with Gasteiger partial charge in [0, 0.05) is 12.0 Å². The SMILES string of the molecule is CC1(C)Cc2cccc(OS(=O)(=O)c3ccccc3Cl)c2O1. The molecule has 1 heterocycles. The van der Waals surface area contributed by atoms with E-state index < -0.39 is 10.1 Å². The third-order valence-corrected chi connectivity index (χ3v) is 5.10. The lowest BCUT2D eigenvalue weighted by Gasteiger charge is -2.18. The summed E-state index contributed by atoms with van der Waals surface area (Å²) in [6, 6.07) is 11.4. The zero-order valence-electron chi connectivity index (χ0n) is 12.2. The predicted octanol–water partition coefficient (Wildman–Crippen LogP) is 3.82. The molecule has 1 aliphatic heterocycles. The van der Waals surface area contributed by atoms with Gasteiger partial charge in [0.05, 0.1) is 5.02 Å². The van der Waals surface area contributed by atoms with Crippen LogP contribution in [0.3, 0.4) is 0 Å². The van der Waals surface area contributed by atoms with Gasteiger partial charge in [0.15, 0.2) is 11.5 Å². The first-order valence-electron chi connectivity index (χ1n) is 6.78. The summed E-state index contributed by atoms with van der Waals surface area (Å²) in [6.07, 6.45) is 0.700. The van der Waals surface area contributed by atoms with E-state index in [2.05, 4.69) is 0 Å². The molecule has 2 aromatic carbocycles. The summed E-state index contributed by atoms with van der Waals surface area (Å²) in [4.78, 5) is -0.0634. The van der Waals surface area contributed by atoms with Gasteiger partial charge in [0.2, 0.25) is 0 Å². The van der Waals surface area contributed by atoms with E-state index in [4.69, 9.17) is 20.5 Å². The van der Waals surface area contributed by atoms with Gasteiger partial charge >= 0.3 is 10.1 Å². The number of fused-ring (bicyclic) bond motifs is 1. The molecule has 0 N–H and O–H groups in total. The smallest absolute Gasteiger partial charge is 0.340 e. The Morgan fingerprint density at radius 1 is 1.14 bits per heavy atom. The highest BCUT2D eigenvalue weighted by molar-refractivity contribution is 7.87. The van der Waals surface area contributed by atoms with Gasteiger partial charge in [-0.05, 0) is 32.0 Å². The number of rotatable bonds is 3. The second-order valence-corrected chi connectivity index (χ2v) is 7.67. The average molecular weight is 339 g/mol. The maximum Gasteiger partial charge on any atom is 0.340 e. The molecule has 22 heavy (non-hydrogen) atoms. The molecule has 0 radical (unpaired) electrons. The molecule has 0 saturated heterocycles. The lowest BCUT2D eigenvalue weighted by Crippen LogP contribution is -2.24. The van der Waals surface area contributed by atoms with E-state index in [9.17, 15) is 8.42 Å². The van der Waals surface area contributed by atoms with E-state index in [1.165, 1.54) is 12.1 Å². The topological polar surface area (TPSA) is 52.6 Å². The Morgan fingerprint density at radius 3 is 2.59 bits per heavy atom. The minimum atomic E-state index is -4.01. The van der Waals surface area contributed by atoms with Crippen LogP contribution in [0.25, 0.3) is 0 Å². The van der Waals surface area contributed by atoms with Crippen LogP contribution < -0.4 is 8.92 Å². The zero-order chi connectivity index (χ0) is 16.0. The minimum Gasteiger partial charge on any atom is -0.483 e. The first kappa shape index (κ1) is 15.2. The fraction of sp³-hybridized carbons (Fsp3) is 0.250. The van der Waals surface area contributed by atoms with Crippen molar-refractivity contribution in [1.82, 2.24) is 0 Å². The van der Waals surface area contributed by atoms with Crippen molar-refractivity contribution < 1.29 is 17.3 Å². The highest BCUT2D eigenvalue weighted by Crippen LogP contribution is 2.42. The summed E-state index contributed by atoms with van der Waals surface area (Å²) in [6.45, 7) is 3.89. The molecular formula is C16H15ClO4S. The van der Waals surface area contributed by atoms with Crippen molar-refractivity contribution in [2.24, 2.45) is 0 Å². The van der Waals surface area contributed by atoms with Crippen LogP contribution in [-0.2, 0) is 16.5 Å². The summed E-state index contributed by atoms with van der Waals surface area (Å²) in [5.74, 6) is 0.658. The number of para-hydroxylation sites is 1. The summed E-state index contributed by atoms with van der Waals surface area (Å²) >= 11 is 5.95.